The molecule has 11 heavy (non-hydrogen) atoms. The third-order valence-corrected chi connectivity index (χ3v) is 1.35. The van der Waals surface area contributed by atoms with E-state index in [1.165, 1.54) is 0 Å². The molecule has 0 saturated heterocycles. The van der Waals surface area contributed by atoms with Crippen LogP contribution in [0.3, 0.4) is 0 Å². The maximum atomic E-state index is 9.76. The maximum Gasteiger partial charge on any atom is 0.292 e. The first-order chi connectivity index (χ1) is 5.24. The van der Waals surface area contributed by atoms with Crippen LogP contribution in [0.1, 0.15) is 11.5 Å². The van der Waals surface area contributed by atoms with Crippen LogP contribution in [-0.4, -0.2) is 11.5 Å². The van der Waals surface area contributed by atoms with Crippen molar-refractivity contribution in [1.29, 1.82) is 0 Å². The number of nitrogen functional groups attached to an aromatic ring is 1. The van der Waals surface area contributed by atoms with E-state index < -0.39 is 0 Å². The largest absolute Gasteiger partial charge is 0.429 e. The number of oxazole rings is 1. The smallest absolute Gasteiger partial charge is 0.292 e. The highest BCUT2D eigenvalue weighted by molar-refractivity contribution is 5.19. The van der Waals surface area contributed by atoms with Crippen LogP contribution in [0.15, 0.2) is 9.59 Å². The number of nitrogens with two attached hydrogens (primary N) is 1. The summed E-state index contributed by atoms with van der Waals surface area (Å²) in [5.41, 5.74) is 5.97. The lowest BCUT2D eigenvalue weighted by molar-refractivity contribution is 0.544. The van der Waals surface area contributed by atoms with Crippen LogP contribution in [0.4, 0.5) is 6.01 Å². The van der Waals surface area contributed by atoms with Crippen molar-refractivity contribution >= 4 is 6.01 Å². The summed E-state index contributed by atoms with van der Waals surface area (Å²) in [4.78, 5) is 13.6. The lowest BCUT2D eigenvalue weighted by Gasteiger charge is -1.87. The fourth-order valence-electron chi connectivity index (χ4n) is 0.834. The highest BCUT2D eigenvalue weighted by Crippen LogP contribution is 2.11. The van der Waals surface area contributed by atoms with Gasteiger partial charge in [-0.3, -0.25) is 0 Å². The van der Waals surface area contributed by atoms with Gasteiger partial charge in [0.15, 0.2) is 0 Å². The van der Waals surface area contributed by atoms with Crippen molar-refractivity contribution in [1.82, 2.24) is 4.98 Å². The molecule has 1 rings (SSSR count). The Balaban J connectivity index is 2.69. The summed E-state index contributed by atoms with van der Waals surface area (Å²) in [6.45, 7) is 1.97. The van der Waals surface area contributed by atoms with Gasteiger partial charge >= 0.3 is 0 Å². The Hall–Kier alpha value is -1.39. The Labute approximate surface area is 63.6 Å². The van der Waals surface area contributed by atoms with Crippen LogP contribution in [0.2, 0.25) is 0 Å². The van der Waals surface area contributed by atoms with E-state index in [1.807, 2.05) is 0 Å². The highest BCUT2D eigenvalue weighted by atomic mass is 16.4. The molecule has 1 aromatic heterocycles. The summed E-state index contributed by atoms with van der Waals surface area (Å²) in [5, 5.41) is 2.71. The minimum atomic E-state index is 0.142. The number of anilines is 1. The minimum absolute atomic E-state index is 0.142. The predicted molar refractivity (Wildman–Crippen MR) is 40.0 cm³/mol. The topological polar surface area (TPSA) is 81.5 Å². The molecule has 0 aliphatic heterocycles. The van der Waals surface area contributed by atoms with Gasteiger partial charge in [0.05, 0.1) is 12.2 Å². The van der Waals surface area contributed by atoms with Gasteiger partial charge in [0.2, 0.25) is 0 Å². The molecule has 0 aliphatic rings. The van der Waals surface area contributed by atoms with Gasteiger partial charge in [-0.25, -0.2) is 0 Å². The Morgan fingerprint density at radius 3 is 2.91 bits per heavy atom. The zero-order valence-electron chi connectivity index (χ0n) is 6.20. The van der Waals surface area contributed by atoms with Gasteiger partial charge in [-0.05, 0) is 6.92 Å². The SMILES string of the molecule is Cc1oc(N)nc1CCN=O. The van der Waals surface area contributed by atoms with Gasteiger partial charge in [-0.15, -0.1) is 0 Å². The highest BCUT2D eigenvalue weighted by Gasteiger charge is 2.05. The van der Waals surface area contributed by atoms with Crippen molar-refractivity contribution in [2.75, 3.05) is 12.3 Å². The summed E-state index contributed by atoms with van der Waals surface area (Å²) in [6, 6.07) is 0.142. The third-order valence-electron chi connectivity index (χ3n) is 1.35. The Morgan fingerprint density at radius 2 is 2.45 bits per heavy atom. The van der Waals surface area contributed by atoms with Crippen LogP contribution in [-0.2, 0) is 6.42 Å². The van der Waals surface area contributed by atoms with Crippen LogP contribution < -0.4 is 5.73 Å². The zero-order chi connectivity index (χ0) is 8.27. The van der Waals surface area contributed by atoms with E-state index >= 15 is 0 Å². The lowest BCUT2D eigenvalue weighted by Crippen LogP contribution is -1.91. The lowest BCUT2D eigenvalue weighted by atomic mass is 10.3. The molecule has 0 saturated carbocycles. The summed E-state index contributed by atoms with van der Waals surface area (Å²) >= 11 is 0. The molecule has 0 aromatic carbocycles. The van der Waals surface area contributed by atoms with Gasteiger partial charge in [-0.1, -0.05) is 5.18 Å². The minimum Gasteiger partial charge on any atom is -0.429 e. The zero-order valence-corrected chi connectivity index (χ0v) is 6.20. The van der Waals surface area contributed by atoms with Gasteiger partial charge in [0, 0.05) is 6.42 Å². The number of nitroso groups, excluding NO2 is 1. The van der Waals surface area contributed by atoms with E-state index in [0.29, 0.717) is 17.9 Å². The first kappa shape index (κ1) is 7.71. The molecule has 2 N–H and O–H groups in total. The molecule has 0 bridgehead atoms. The van der Waals surface area contributed by atoms with Gasteiger partial charge in [0.1, 0.15) is 5.76 Å². The van der Waals surface area contributed by atoms with Crippen molar-refractivity contribution in [2.45, 2.75) is 13.3 Å². The standard InChI is InChI=1S/C6H9N3O2/c1-4-5(2-3-8-10)9-6(7)11-4/h2-3H2,1H3,(H2,7,9). The summed E-state index contributed by atoms with van der Waals surface area (Å²) in [7, 11) is 0. The van der Waals surface area contributed by atoms with Crippen molar-refractivity contribution in [3.05, 3.63) is 16.4 Å². The van der Waals surface area contributed by atoms with E-state index in [1.54, 1.807) is 6.92 Å². The van der Waals surface area contributed by atoms with Crippen molar-refractivity contribution in [2.24, 2.45) is 5.18 Å². The van der Waals surface area contributed by atoms with Gasteiger partial charge in [-0.2, -0.15) is 9.89 Å². The molecule has 0 atom stereocenters. The second-order valence-corrected chi connectivity index (χ2v) is 2.16. The van der Waals surface area contributed by atoms with Crippen LogP contribution >= 0.6 is 0 Å². The second kappa shape index (κ2) is 3.14. The average molecular weight is 155 g/mol. The maximum absolute atomic E-state index is 9.76. The molecule has 0 spiro atoms. The molecular formula is C6H9N3O2. The Morgan fingerprint density at radius 1 is 1.73 bits per heavy atom. The number of nitrogens with zero attached hydrogens (tertiary/aromatic N) is 2. The number of rotatable bonds is 3. The molecule has 0 fully saturated rings. The fraction of sp³-hybridized carbons (Fsp3) is 0.500. The van der Waals surface area contributed by atoms with E-state index in [-0.39, 0.29) is 12.6 Å². The number of hydrogen-bond donors (Lipinski definition) is 1. The number of hydrogen-bond acceptors (Lipinski definition) is 5. The monoisotopic (exact) mass is 155 g/mol. The van der Waals surface area contributed by atoms with Crippen LogP contribution in [0.25, 0.3) is 0 Å². The van der Waals surface area contributed by atoms with E-state index in [2.05, 4.69) is 10.2 Å². The van der Waals surface area contributed by atoms with Crippen molar-refractivity contribution < 1.29 is 4.42 Å². The number of aryl methyl sites for hydroxylation is 1. The van der Waals surface area contributed by atoms with Gasteiger partial charge < -0.3 is 10.2 Å². The molecule has 0 amide bonds. The quantitative estimate of drug-likeness (QED) is 0.656. The Kier molecular flexibility index (Phi) is 2.20. The van der Waals surface area contributed by atoms with E-state index in [9.17, 15) is 4.91 Å². The first-order valence-electron chi connectivity index (χ1n) is 3.25. The molecule has 0 radical (unpaired) electrons. The summed E-state index contributed by atoms with van der Waals surface area (Å²) in [6.07, 6.45) is 0.496. The van der Waals surface area contributed by atoms with E-state index in [4.69, 9.17) is 10.2 Å². The van der Waals surface area contributed by atoms with Crippen molar-refractivity contribution in [3.8, 4) is 0 Å². The molecule has 5 nitrogen and oxygen atoms in total. The van der Waals surface area contributed by atoms with E-state index in [0.717, 1.165) is 0 Å². The predicted octanol–water partition coefficient (Wildman–Crippen LogP) is 0.874. The fourth-order valence-corrected chi connectivity index (χ4v) is 0.834. The van der Waals surface area contributed by atoms with Crippen LogP contribution in [0.5, 0.6) is 0 Å². The molecule has 0 unspecified atom stereocenters. The molecule has 5 heteroatoms. The normalized spacial score (nSPS) is 9.91. The molecule has 0 aliphatic carbocycles. The molecule has 1 aromatic rings. The average Bonchev–Trinajstić information content (AvgIpc) is 2.26. The second-order valence-electron chi connectivity index (χ2n) is 2.16. The molecule has 60 valence electrons. The van der Waals surface area contributed by atoms with Crippen molar-refractivity contribution in [3.63, 3.8) is 0 Å². The summed E-state index contributed by atoms with van der Waals surface area (Å²) in [5.74, 6) is 0.658. The first-order valence-corrected chi connectivity index (χ1v) is 3.25. The summed E-state index contributed by atoms with van der Waals surface area (Å²) < 4.78 is 4.93. The molecular weight excluding hydrogens is 146 g/mol. The van der Waals surface area contributed by atoms with Gasteiger partial charge in [0.25, 0.3) is 6.01 Å². The number of aromatic nitrogens is 1. The molecule has 1 heterocycles. The van der Waals surface area contributed by atoms with Crippen LogP contribution in [0, 0.1) is 11.8 Å². The Bertz CT molecular complexity index is 256. The third kappa shape index (κ3) is 1.76.